The summed E-state index contributed by atoms with van der Waals surface area (Å²) in [7, 11) is 1.77. The van der Waals surface area contributed by atoms with Gasteiger partial charge in [0.1, 0.15) is 5.82 Å². The second-order valence-electron chi connectivity index (χ2n) is 4.30. The van der Waals surface area contributed by atoms with Gasteiger partial charge in [0.15, 0.2) is 0 Å². The molecule has 0 spiro atoms. The minimum Gasteiger partial charge on any atom is -0.463 e. The van der Waals surface area contributed by atoms with Crippen molar-refractivity contribution >= 4 is 5.95 Å². The van der Waals surface area contributed by atoms with Gasteiger partial charge in [-0.25, -0.2) is 4.98 Å². The van der Waals surface area contributed by atoms with E-state index in [1.807, 2.05) is 17.7 Å². The third-order valence-electron chi connectivity index (χ3n) is 2.67. The summed E-state index contributed by atoms with van der Waals surface area (Å²) in [6.07, 6.45) is 6.39. The lowest BCUT2D eigenvalue weighted by atomic mass is 10.3. The van der Waals surface area contributed by atoms with Crippen molar-refractivity contribution in [1.29, 1.82) is 0 Å². The summed E-state index contributed by atoms with van der Waals surface area (Å²) in [6.45, 7) is 4.73. The van der Waals surface area contributed by atoms with Gasteiger partial charge in [-0.05, 0) is 12.8 Å². The highest BCUT2D eigenvalue weighted by atomic mass is 16.5. The molecule has 0 bridgehead atoms. The van der Waals surface area contributed by atoms with Crippen LogP contribution in [0.3, 0.4) is 0 Å². The maximum atomic E-state index is 5.50. The number of imidazole rings is 1. The zero-order chi connectivity index (χ0) is 14.4. The van der Waals surface area contributed by atoms with E-state index < -0.39 is 0 Å². The molecule has 0 aliphatic heterocycles. The molecule has 7 nitrogen and oxygen atoms in total. The molecule has 1 N–H and O–H groups in total. The van der Waals surface area contributed by atoms with E-state index in [0.717, 1.165) is 25.1 Å². The summed E-state index contributed by atoms with van der Waals surface area (Å²) in [5.41, 5.74) is 0. The molecule has 20 heavy (non-hydrogen) atoms. The van der Waals surface area contributed by atoms with Gasteiger partial charge >= 0.3 is 6.01 Å². The zero-order valence-corrected chi connectivity index (χ0v) is 12.1. The van der Waals surface area contributed by atoms with E-state index in [4.69, 9.17) is 4.74 Å². The highest BCUT2D eigenvalue weighted by Gasteiger charge is 2.11. The molecule has 0 unspecified atom stereocenters. The van der Waals surface area contributed by atoms with Crippen molar-refractivity contribution in [3.05, 3.63) is 18.2 Å². The number of anilines is 1. The zero-order valence-electron chi connectivity index (χ0n) is 12.1. The number of aryl methyl sites for hydroxylation is 1. The van der Waals surface area contributed by atoms with E-state index in [1.54, 1.807) is 13.2 Å². The summed E-state index contributed by atoms with van der Waals surface area (Å²) in [5, 5.41) is 2.92. The lowest BCUT2D eigenvalue weighted by Crippen LogP contribution is -2.11. The van der Waals surface area contributed by atoms with Crippen molar-refractivity contribution in [3.63, 3.8) is 0 Å². The van der Waals surface area contributed by atoms with Crippen LogP contribution in [-0.2, 0) is 6.42 Å². The lowest BCUT2D eigenvalue weighted by Gasteiger charge is -2.09. The standard InChI is InChI=1S/C13H20N6O/c1-4-6-10-15-7-8-19(10)12-16-11(14-3)17-13(18-12)20-9-5-2/h7-8H,4-6,9H2,1-3H3,(H,14,16,17,18). The van der Waals surface area contributed by atoms with Crippen LogP contribution >= 0.6 is 0 Å². The van der Waals surface area contributed by atoms with Crippen molar-refractivity contribution in [2.24, 2.45) is 0 Å². The van der Waals surface area contributed by atoms with Crippen molar-refractivity contribution in [2.75, 3.05) is 19.0 Å². The second-order valence-corrected chi connectivity index (χ2v) is 4.30. The molecule has 0 aliphatic carbocycles. The van der Waals surface area contributed by atoms with Gasteiger partial charge < -0.3 is 10.1 Å². The fourth-order valence-corrected chi connectivity index (χ4v) is 1.75. The Kier molecular flexibility index (Phi) is 4.86. The van der Waals surface area contributed by atoms with Crippen LogP contribution in [0.5, 0.6) is 6.01 Å². The molecule has 0 aliphatic rings. The second kappa shape index (κ2) is 6.83. The van der Waals surface area contributed by atoms with Gasteiger partial charge in [0, 0.05) is 25.9 Å². The number of aromatic nitrogens is 5. The normalized spacial score (nSPS) is 10.6. The number of hydrogen-bond acceptors (Lipinski definition) is 6. The molecular weight excluding hydrogens is 256 g/mol. The minimum atomic E-state index is 0.331. The molecule has 2 rings (SSSR count). The molecule has 0 fully saturated rings. The van der Waals surface area contributed by atoms with E-state index in [1.165, 1.54) is 0 Å². The molecule has 2 aromatic rings. The SMILES string of the molecule is CCCOc1nc(NC)nc(-n2ccnc2CCC)n1. The molecule has 0 amide bonds. The van der Waals surface area contributed by atoms with Gasteiger partial charge in [-0.2, -0.15) is 15.0 Å². The number of nitrogens with one attached hydrogen (secondary N) is 1. The van der Waals surface area contributed by atoms with Crippen LogP contribution in [0.15, 0.2) is 12.4 Å². The molecule has 0 saturated heterocycles. The lowest BCUT2D eigenvalue weighted by molar-refractivity contribution is 0.291. The maximum absolute atomic E-state index is 5.50. The topological polar surface area (TPSA) is 77.8 Å². The first-order valence-electron chi connectivity index (χ1n) is 6.87. The van der Waals surface area contributed by atoms with Crippen molar-refractivity contribution in [2.45, 2.75) is 33.1 Å². The van der Waals surface area contributed by atoms with E-state index in [0.29, 0.717) is 24.5 Å². The summed E-state index contributed by atoms with van der Waals surface area (Å²) >= 11 is 0. The molecule has 0 saturated carbocycles. The highest BCUT2D eigenvalue weighted by Crippen LogP contribution is 2.13. The van der Waals surface area contributed by atoms with E-state index >= 15 is 0 Å². The van der Waals surface area contributed by atoms with Gasteiger partial charge in [-0.1, -0.05) is 13.8 Å². The van der Waals surface area contributed by atoms with Crippen molar-refractivity contribution < 1.29 is 4.74 Å². The Balaban J connectivity index is 2.36. The van der Waals surface area contributed by atoms with Crippen LogP contribution in [0.25, 0.3) is 5.95 Å². The first kappa shape index (κ1) is 14.2. The molecule has 0 radical (unpaired) electrons. The van der Waals surface area contributed by atoms with Crippen LogP contribution < -0.4 is 10.1 Å². The Morgan fingerprint density at radius 1 is 1.20 bits per heavy atom. The third-order valence-corrected chi connectivity index (χ3v) is 2.67. The maximum Gasteiger partial charge on any atom is 0.323 e. The predicted molar refractivity (Wildman–Crippen MR) is 76.3 cm³/mol. The molecule has 2 aromatic heterocycles. The fourth-order valence-electron chi connectivity index (χ4n) is 1.75. The number of hydrogen-bond donors (Lipinski definition) is 1. The summed E-state index contributed by atoms with van der Waals surface area (Å²) < 4.78 is 7.37. The molecule has 2 heterocycles. The van der Waals surface area contributed by atoms with Crippen LogP contribution in [0, 0.1) is 0 Å². The number of ether oxygens (including phenoxy) is 1. The summed E-state index contributed by atoms with van der Waals surface area (Å²) in [6, 6.07) is 0.331. The Morgan fingerprint density at radius 3 is 2.75 bits per heavy atom. The molecule has 0 atom stereocenters. The summed E-state index contributed by atoms with van der Waals surface area (Å²) in [4.78, 5) is 17.2. The van der Waals surface area contributed by atoms with Gasteiger partial charge in [0.2, 0.25) is 11.9 Å². The van der Waals surface area contributed by atoms with Crippen LogP contribution in [0.4, 0.5) is 5.95 Å². The van der Waals surface area contributed by atoms with E-state index in [-0.39, 0.29) is 0 Å². The monoisotopic (exact) mass is 276 g/mol. The Hall–Kier alpha value is -2.18. The summed E-state index contributed by atoms with van der Waals surface area (Å²) in [5.74, 6) is 1.94. The van der Waals surface area contributed by atoms with Gasteiger partial charge in [0.25, 0.3) is 0 Å². The highest BCUT2D eigenvalue weighted by molar-refractivity contribution is 5.30. The van der Waals surface area contributed by atoms with Crippen LogP contribution in [-0.4, -0.2) is 38.2 Å². The van der Waals surface area contributed by atoms with Crippen molar-refractivity contribution in [1.82, 2.24) is 24.5 Å². The molecule has 7 heteroatoms. The average molecular weight is 276 g/mol. The quantitative estimate of drug-likeness (QED) is 0.831. The molecule has 108 valence electrons. The Bertz CT molecular complexity index is 554. The third kappa shape index (κ3) is 3.23. The largest absolute Gasteiger partial charge is 0.463 e. The fraction of sp³-hybridized carbons (Fsp3) is 0.538. The van der Waals surface area contributed by atoms with E-state index in [2.05, 4.69) is 32.2 Å². The van der Waals surface area contributed by atoms with Crippen LogP contribution in [0.2, 0.25) is 0 Å². The smallest absolute Gasteiger partial charge is 0.323 e. The molecular formula is C13H20N6O. The van der Waals surface area contributed by atoms with Gasteiger partial charge in [0.05, 0.1) is 6.61 Å². The molecule has 0 aromatic carbocycles. The average Bonchev–Trinajstić information content (AvgIpc) is 2.93. The van der Waals surface area contributed by atoms with Crippen LogP contribution in [0.1, 0.15) is 32.5 Å². The predicted octanol–water partition coefficient (Wildman–Crippen LogP) is 1.84. The number of rotatable bonds is 7. The first-order valence-corrected chi connectivity index (χ1v) is 6.87. The minimum absolute atomic E-state index is 0.331. The Labute approximate surface area is 118 Å². The van der Waals surface area contributed by atoms with Crippen molar-refractivity contribution in [3.8, 4) is 12.0 Å². The Morgan fingerprint density at radius 2 is 2.05 bits per heavy atom. The van der Waals surface area contributed by atoms with Gasteiger partial charge in [-0.15, -0.1) is 0 Å². The van der Waals surface area contributed by atoms with Gasteiger partial charge in [-0.3, -0.25) is 4.57 Å². The number of nitrogens with zero attached hydrogens (tertiary/aromatic N) is 5. The van der Waals surface area contributed by atoms with E-state index in [9.17, 15) is 0 Å². The first-order chi connectivity index (χ1) is 9.78.